The molecule has 148 valence electrons. The van der Waals surface area contributed by atoms with Crippen LogP contribution in [0, 0.1) is 0 Å². The summed E-state index contributed by atoms with van der Waals surface area (Å²) in [5, 5.41) is 4.28. The maximum absolute atomic E-state index is 13.1. The summed E-state index contributed by atoms with van der Waals surface area (Å²) in [6.45, 7) is 0. The molecule has 0 saturated heterocycles. The molecule has 2 aromatic carbocycles. The van der Waals surface area contributed by atoms with Crippen LogP contribution in [-0.4, -0.2) is 25.1 Å². The summed E-state index contributed by atoms with van der Waals surface area (Å²) in [5.74, 6) is 1.35. The van der Waals surface area contributed by atoms with E-state index in [-0.39, 0.29) is 5.91 Å². The molecule has 1 atom stereocenters. The van der Waals surface area contributed by atoms with Crippen LogP contribution in [0.2, 0.25) is 10.0 Å². The number of pyridine rings is 1. The van der Waals surface area contributed by atoms with Crippen molar-refractivity contribution in [2.45, 2.75) is 6.17 Å². The van der Waals surface area contributed by atoms with Gasteiger partial charge in [0, 0.05) is 23.4 Å². The van der Waals surface area contributed by atoms with E-state index in [4.69, 9.17) is 32.7 Å². The predicted octanol–water partition coefficient (Wildman–Crippen LogP) is 5.18. The molecule has 0 fully saturated rings. The fourth-order valence-electron chi connectivity index (χ4n) is 3.33. The molecule has 0 radical (unpaired) electrons. The molecular weight excluding hydrogens is 413 g/mol. The second-order valence-corrected chi connectivity index (χ2v) is 7.17. The SMILES string of the molecule is COc1cc(OC)c(N[C@@H]2c3ccccc3C(=O)N2c2ccc(Cl)cn2)cc1Cl. The molecule has 6 nitrogen and oxygen atoms in total. The lowest BCUT2D eigenvalue weighted by Gasteiger charge is -2.27. The van der Waals surface area contributed by atoms with Gasteiger partial charge in [0.05, 0.1) is 30.0 Å². The van der Waals surface area contributed by atoms with Gasteiger partial charge in [0.15, 0.2) is 0 Å². The summed E-state index contributed by atoms with van der Waals surface area (Å²) >= 11 is 12.3. The van der Waals surface area contributed by atoms with Crippen molar-refractivity contribution in [1.82, 2.24) is 4.98 Å². The number of hydrogen-bond acceptors (Lipinski definition) is 5. The minimum Gasteiger partial charge on any atom is -0.495 e. The van der Waals surface area contributed by atoms with E-state index in [0.717, 1.165) is 5.56 Å². The quantitative estimate of drug-likeness (QED) is 0.605. The molecule has 1 N–H and O–H groups in total. The van der Waals surface area contributed by atoms with Crippen molar-refractivity contribution in [3.63, 3.8) is 0 Å². The molecule has 8 heteroatoms. The maximum Gasteiger partial charge on any atom is 0.261 e. The van der Waals surface area contributed by atoms with Crippen molar-refractivity contribution >= 4 is 40.6 Å². The Balaban J connectivity index is 1.80. The zero-order chi connectivity index (χ0) is 20.5. The van der Waals surface area contributed by atoms with Crippen molar-refractivity contribution in [3.8, 4) is 11.5 Å². The third-order valence-electron chi connectivity index (χ3n) is 4.69. The van der Waals surface area contributed by atoms with Crippen LogP contribution >= 0.6 is 23.2 Å². The summed E-state index contributed by atoms with van der Waals surface area (Å²) in [7, 11) is 3.09. The Morgan fingerprint density at radius 3 is 2.48 bits per heavy atom. The number of ether oxygens (including phenoxy) is 2. The number of benzene rings is 2. The van der Waals surface area contributed by atoms with Crippen LogP contribution in [0.3, 0.4) is 0 Å². The van der Waals surface area contributed by atoms with Crippen LogP contribution in [0.15, 0.2) is 54.7 Å². The van der Waals surface area contributed by atoms with Crippen LogP contribution in [0.1, 0.15) is 22.1 Å². The predicted molar refractivity (Wildman–Crippen MR) is 113 cm³/mol. The van der Waals surface area contributed by atoms with Crippen molar-refractivity contribution in [1.29, 1.82) is 0 Å². The molecule has 1 amide bonds. The van der Waals surface area contributed by atoms with Crippen molar-refractivity contribution in [3.05, 3.63) is 75.9 Å². The molecule has 1 aliphatic heterocycles. The molecule has 1 aliphatic rings. The number of anilines is 2. The van der Waals surface area contributed by atoms with Crippen molar-refractivity contribution < 1.29 is 14.3 Å². The van der Waals surface area contributed by atoms with E-state index in [1.165, 1.54) is 13.3 Å². The number of halogens is 2. The average Bonchev–Trinajstić information content (AvgIpc) is 3.01. The molecule has 4 rings (SSSR count). The van der Waals surface area contributed by atoms with Gasteiger partial charge in [-0.2, -0.15) is 0 Å². The van der Waals surface area contributed by atoms with E-state index in [2.05, 4.69) is 10.3 Å². The number of hydrogen-bond donors (Lipinski definition) is 1. The number of nitrogens with zero attached hydrogens (tertiary/aromatic N) is 2. The number of carbonyl (C=O) groups is 1. The Hall–Kier alpha value is -2.96. The maximum atomic E-state index is 13.1. The highest BCUT2D eigenvalue weighted by Gasteiger charge is 2.38. The molecule has 1 aromatic heterocycles. The van der Waals surface area contributed by atoms with E-state index >= 15 is 0 Å². The number of fused-ring (bicyclic) bond motifs is 1. The fraction of sp³-hybridized carbons (Fsp3) is 0.143. The lowest BCUT2D eigenvalue weighted by molar-refractivity contribution is 0.0992. The molecule has 0 bridgehead atoms. The summed E-state index contributed by atoms with van der Waals surface area (Å²) in [5.41, 5.74) is 2.04. The third kappa shape index (κ3) is 3.45. The van der Waals surface area contributed by atoms with E-state index in [0.29, 0.717) is 38.6 Å². The largest absolute Gasteiger partial charge is 0.495 e. The average molecular weight is 430 g/mol. The first kappa shape index (κ1) is 19.4. The Kier molecular flexibility index (Phi) is 5.22. The molecule has 2 heterocycles. The van der Waals surface area contributed by atoms with E-state index < -0.39 is 6.17 Å². The van der Waals surface area contributed by atoms with Gasteiger partial charge >= 0.3 is 0 Å². The van der Waals surface area contributed by atoms with Gasteiger partial charge in [0.2, 0.25) is 0 Å². The molecule has 0 unspecified atom stereocenters. The van der Waals surface area contributed by atoms with Crippen LogP contribution in [-0.2, 0) is 0 Å². The van der Waals surface area contributed by atoms with E-state index in [1.54, 1.807) is 42.3 Å². The van der Waals surface area contributed by atoms with Gasteiger partial charge < -0.3 is 14.8 Å². The van der Waals surface area contributed by atoms with Gasteiger partial charge in [-0.05, 0) is 24.3 Å². The molecule has 3 aromatic rings. The Bertz CT molecular complexity index is 1070. The van der Waals surface area contributed by atoms with Gasteiger partial charge in [0.1, 0.15) is 23.5 Å². The summed E-state index contributed by atoms with van der Waals surface area (Å²) in [6, 6.07) is 14.2. The lowest BCUT2D eigenvalue weighted by atomic mass is 10.1. The van der Waals surface area contributed by atoms with Crippen molar-refractivity contribution in [2.75, 3.05) is 24.4 Å². The number of aromatic nitrogens is 1. The first-order chi connectivity index (χ1) is 14.0. The van der Waals surface area contributed by atoms with Crippen molar-refractivity contribution in [2.24, 2.45) is 0 Å². The highest BCUT2D eigenvalue weighted by atomic mass is 35.5. The first-order valence-corrected chi connectivity index (χ1v) is 9.51. The van der Waals surface area contributed by atoms with Crippen LogP contribution in [0.4, 0.5) is 11.5 Å². The first-order valence-electron chi connectivity index (χ1n) is 8.75. The van der Waals surface area contributed by atoms with Gasteiger partial charge in [-0.15, -0.1) is 0 Å². The Morgan fingerprint density at radius 1 is 1.03 bits per heavy atom. The standard InChI is InChI=1S/C21H17Cl2N3O3/c1-28-17-10-18(29-2)16(9-15(17)23)25-20-13-5-3-4-6-14(13)21(27)26(20)19-8-7-12(22)11-24-19/h3-11,20,25H,1-2H3/t20-/m0/s1. The highest BCUT2D eigenvalue weighted by Crippen LogP contribution is 2.42. The number of nitrogens with one attached hydrogen (secondary N) is 1. The zero-order valence-electron chi connectivity index (χ0n) is 15.6. The summed E-state index contributed by atoms with van der Waals surface area (Å²) < 4.78 is 10.7. The number of rotatable bonds is 5. The normalized spacial score (nSPS) is 15.2. The number of amides is 1. The van der Waals surface area contributed by atoms with Gasteiger partial charge in [0.25, 0.3) is 5.91 Å². The molecular formula is C21H17Cl2N3O3. The van der Waals surface area contributed by atoms with Crippen LogP contribution in [0.5, 0.6) is 11.5 Å². The highest BCUT2D eigenvalue weighted by molar-refractivity contribution is 6.32. The second-order valence-electron chi connectivity index (χ2n) is 6.33. The Morgan fingerprint density at radius 2 is 1.79 bits per heavy atom. The summed E-state index contributed by atoms with van der Waals surface area (Å²) in [4.78, 5) is 19.1. The minimum absolute atomic E-state index is 0.161. The number of carbonyl (C=O) groups excluding carboxylic acids is 1. The topological polar surface area (TPSA) is 63.7 Å². The summed E-state index contributed by atoms with van der Waals surface area (Å²) in [6.07, 6.45) is 1.00. The second kappa shape index (κ2) is 7.81. The lowest BCUT2D eigenvalue weighted by Crippen LogP contribution is -2.33. The molecule has 0 saturated carbocycles. The van der Waals surface area contributed by atoms with Crippen LogP contribution in [0.25, 0.3) is 0 Å². The Labute approximate surface area is 178 Å². The fourth-order valence-corrected chi connectivity index (χ4v) is 3.68. The monoisotopic (exact) mass is 429 g/mol. The van der Waals surface area contributed by atoms with E-state index in [1.807, 2.05) is 18.2 Å². The smallest absolute Gasteiger partial charge is 0.261 e. The number of methoxy groups -OCH3 is 2. The van der Waals surface area contributed by atoms with E-state index in [9.17, 15) is 4.79 Å². The molecule has 0 spiro atoms. The molecule has 0 aliphatic carbocycles. The third-order valence-corrected chi connectivity index (χ3v) is 5.21. The van der Waals surface area contributed by atoms with Gasteiger partial charge in [-0.25, -0.2) is 4.98 Å². The van der Waals surface area contributed by atoms with Crippen LogP contribution < -0.4 is 19.7 Å². The molecule has 29 heavy (non-hydrogen) atoms. The van der Waals surface area contributed by atoms with Gasteiger partial charge in [-0.1, -0.05) is 41.4 Å². The zero-order valence-corrected chi connectivity index (χ0v) is 17.2. The minimum atomic E-state index is -0.509. The van der Waals surface area contributed by atoms with Gasteiger partial charge in [-0.3, -0.25) is 9.69 Å².